The van der Waals surface area contributed by atoms with Crippen LogP contribution in [0.4, 0.5) is 0 Å². The second-order valence-electron chi connectivity index (χ2n) is 3.97. The summed E-state index contributed by atoms with van der Waals surface area (Å²) in [6, 6.07) is 5.96. The largest absolute Gasteiger partial charge is 0.327 e. The van der Waals surface area contributed by atoms with Crippen molar-refractivity contribution in [2.24, 2.45) is 11.7 Å². The maximum absolute atomic E-state index is 6.11. The van der Waals surface area contributed by atoms with Crippen molar-refractivity contribution in [3.8, 4) is 0 Å². The van der Waals surface area contributed by atoms with Crippen molar-refractivity contribution in [2.75, 3.05) is 0 Å². The van der Waals surface area contributed by atoms with Gasteiger partial charge in [0.1, 0.15) is 0 Å². The molecule has 2 atom stereocenters. The van der Waals surface area contributed by atoms with Gasteiger partial charge in [-0.15, -0.1) is 0 Å². The molecular weight excluding hydrogens is 229 g/mol. The average Bonchev–Trinajstić information content (AvgIpc) is 2.23. The fraction of sp³-hybridized carbons (Fsp3) is 0.500. The first kappa shape index (κ1) is 12.8. The van der Waals surface area contributed by atoms with E-state index >= 15 is 0 Å². The monoisotopic (exact) mass is 245 g/mol. The molecule has 0 bridgehead atoms. The number of hydrogen-bond donors (Lipinski definition) is 1. The number of benzene rings is 1. The van der Waals surface area contributed by atoms with Crippen LogP contribution >= 0.6 is 23.2 Å². The molecule has 0 fully saturated rings. The first-order chi connectivity index (χ1) is 7.06. The average molecular weight is 246 g/mol. The van der Waals surface area contributed by atoms with Crippen molar-refractivity contribution in [3.05, 3.63) is 33.8 Å². The molecule has 2 N–H and O–H groups in total. The van der Waals surface area contributed by atoms with Crippen LogP contribution < -0.4 is 5.73 Å². The van der Waals surface area contributed by atoms with E-state index < -0.39 is 0 Å². The van der Waals surface area contributed by atoms with Crippen LogP contribution in [-0.2, 0) is 6.42 Å². The smallest absolute Gasteiger partial charge is 0.0624 e. The molecule has 15 heavy (non-hydrogen) atoms. The van der Waals surface area contributed by atoms with Crippen LogP contribution in [0.3, 0.4) is 0 Å². The van der Waals surface area contributed by atoms with E-state index in [1.807, 2.05) is 12.1 Å². The van der Waals surface area contributed by atoms with Crippen molar-refractivity contribution in [3.63, 3.8) is 0 Å². The molecule has 0 heterocycles. The molecule has 0 spiro atoms. The molecule has 1 nitrogen and oxygen atoms in total. The fourth-order valence-corrected chi connectivity index (χ4v) is 2.00. The third kappa shape index (κ3) is 3.37. The van der Waals surface area contributed by atoms with Gasteiger partial charge in [0.25, 0.3) is 0 Å². The van der Waals surface area contributed by atoms with Gasteiger partial charge >= 0.3 is 0 Å². The molecule has 3 heteroatoms. The summed E-state index contributed by atoms with van der Waals surface area (Å²) >= 11 is 12.1. The van der Waals surface area contributed by atoms with E-state index in [1.165, 1.54) is 0 Å². The molecule has 2 unspecified atom stereocenters. The summed E-state index contributed by atoms with van der Waals surface area (Å²) in [6.45, 7) is 4.24. The van der Waals surface area contributed by atoms with E-state index in [9.17, 15) is 0 Å². The predicted octanol–water partition coefficient (Wildman–Crippen LogP) is 3.91. The maximum Gasteiger partial charge on any atom is 0.0624 e. The second-order valence-corrected chi connectivity index (χ2v) is 4.75. The van der Waals surface area contributed by atoms with E-state index in [1.54, 1.807) is 6.07 Å². The quantitative estimate of drug-likeness (QED) is 0.856. The standard InChI is InChI=1S/C12H17Cl2N/c1-3-11(15)8(2)7-9-5-4-6-10(13)12(9)14/h4-6,8,11H,3,7,15H2,1-2H3. The minimum absolute atomic E-state index is 0.222. The Morgan fingerprint density at radius 1 is 1.33 bits per heavy atom. The van der Waals surface area contributed by atoms with Gasteiger partial charge in [-0.2, -0.15) is 0 Å². The Morgan fingerprint density at radius 2 is 2.00 bits per heavy atom. The predicted molar refractivity (Wildman–Crippen MR) is 67.6 cm³/mol. The van der Waals surface area contributed by atoms with Crippen LogP contribution in [0, 0.1) is 5.92 Å². The SMILES string of the molecule is CCC(N)C(C)Cc1cccc(Cl)c1Cl. The Labute approximate surface area is 102 Å². The van der Waals surface area contributed by atoms with Crippen LogP contribution in [0.5, 0.6) is 0 Å². The summed E-state index contributed by atoms with van der Waals surface area (Å²) in [7, 11) is 0. The Kier molecular flexibility index (Phi) is 4.91. The van der Waals surface area contributed by atoms with Gasteiger partial charge < -0.3 is 5.73 Å². The van der Waals surface area contributed by atoms with Crippen molar-refractivity contribution in [1.82, 2.24) is 0 Å². The molecule has 0 radical (unpaired) electrons. The summed E-state index contributed by atoms with van der Waals surface area (Å²) in [6.07, 6.45) is 1.87. The second kappa shape index (κ2) is 5.74. The highest BCUT2D eigenvalue weighted by Gasteiger charge is 2.13. The lowest BCUT2D eigenvalue weighted by molar-refractivity contribution is 0.442. The zero-order valence-electron chi connectivity index (χ0n) is 9.13. The molecule has 0 aliphatic carbocycles. The molecule has 1 aromatic rings. The Morgan fingerprint density at radius 3 is 2.60 bits per heavy atom. The Hall–Kier alpha value is -0.240. The fourth-order valence-electron chi connectivity index (χ4n) is 1.61. The molecule has 0 amide bonds. The summed E-state index contributed by atoms with van der Waals surface area (Å²) in [5, 5.41) is 1.28. The van der Waals surface area contributed by atoms with E-state index in [-0.39, 0.29) is 6.04 Å². The Balaban J connectivity index is 2.76. The van der Waals surface area contributed by atoms with Gasteiger partial charge in [0, 0.05) is 6.04 Å². The van der Waals surface area contributed by atoms with Crippen LogP contribution in [0.2, 0.25) is 10.0 Å². The first-order valence-electron chi connectivity index (χ1n) is 5.24. The summed E-state index contributed by atoms with van der Waals surface area (Å²) in [5.41, 5.74) is 7.06. The van der Waals surface area contributed by atoms with Gasteiger partial charge in [-0.25, -0.2) is 0 Å². The third-order valence-electron chi connectivity index (χ3n) is 2.78. The summed E-state index contributed by atoms with van der Waals surface area (Å²) < 4.78 is 0. The van der Waals surface area contributed by atoms with Crippen LogP contribution in [0.25, 0.3) is 0 Å². The Bertz CT molecular complexity index is 325. The van der Waals surface area contributed by atoms with Crippen molar-refractivity contribution in [1.29, 1.82) is 0 Å². The number of nitrogens with two attached hydrogens (primary N) is 1. The van der Waals surface area contributed by atoms with Gasteiger partial charge in [-0.1, -0.05) is 49.2 Å². The summed E-state index contributed by atoms with van der Waals surface area (Å²) in [5.74, 6) is 0.422. The number of rotatable bonds is 4. The molecule has 0 saturated heterocycles. The number of halogens is 2. The van der Waals surface area contributed by atoms with Crippen molar-refractivity contribution >= 4 is 23.2 Å². The highest BCUT2D eigenvalue weighted by Crippen LogP contribution is 2.27. The van der Waals surface area contributed by atoms with E-state index in [4.69, 9.17) is 28.9 Å². The molecule has 0 aliphatic heterocycles. The lowest BCUT2D eigenvalue weighted by Gasteiger charge is -2.19. The topological polar surface area (TPSA) is 26.0 Å². The normalized spacial score (nSPS) is 15.0. The molecule has 1 aromatic carbocycles. The van der Waals surface area contributed by atoms with E-state index in [0.717, 1.165) is 18.4 Å². The number of hydrogen-bond acceptors (Lipinski definition) is 1. The van der Waals surface area contributed by atoms with Gasteiger partial charge in [0.15, 0.2) is 0 Å². The summed E-state index contributed by atoms with van der Waals surface area (Å²) in [4.78, 5) is 0. The van der Waals surface area contributed by atoms with E-state index in [2.05, 4.69) is 13.8 Å². The first-order valence-corrected chi connectivity index (χ1v) is 6.00. The van der Waals surface area contributed by atoms with Crippen LogP contribution in [0.15, 0.2) is 18.2 Å². The van der Waals surface area contributed by atoms with Gasteiger partial charge in [0.05, 0.1) is 10.0 Å². The lowest BCUT2D eigenvalue weighted by Crippen LogP contribution is -2.28. The minimum Gasteiger partial charge on any atom is -0.327 e. The van der Waals surface area contributed by atoms with Gasteiger partial charge in [-0.3, -0.25) is 0 Å². The molecule has 0 aromatic heterocycles. The van der Waals surface area contributed by atoms with Crippen LogP contribution in [0.1, 0.15) is 25.8 Å². The van der Waals surface area contributed by atoms with Gasteiger partial charge in [0.2, 0.25) is 0 Å². The van der Waals surface area contributed by atoms with E-state index in [0.29, 0.717) is 16.0 Å². The van der Waals surface area contributed by atoms with Gasteiger partial charge in [-0.05, 0) is 30.4 Å². The lowest BCUT2D eigenvalue weighted by atomic mass is 9.93. The van der Waals surface area contributed by atoms with Crippen molar-refractivity contribution in [2.45, 2.75) is 32.7 Å². The molecule has 0 aliphatic rings. The highest BCUT2D eigenvalue weighted by atomic mass is 35.5. The molecule has 84 valence electrons. The van der Waals surface area contributed by atoms with Crippen LogP contribution in [-0.4, -0.2) is 6.04 Å². The van der Waals surface area contributed by atoms with Crippen molar-refractivity contribution < 1.29 is 0 Å². The molecule has 1 rings (SSSR count). The zero-order chi connectivity index (χ0) is 11.4. The third-order valence-corrected chi connectivity index (χ3v) is 3.63. The zero-order valence-corrected chi connectivity index (χ0v) is 10.6. The maximum atomic E-state index is 6.11. The minimum atomic E-state index is 0.222. The molecule has 0 saturated carbocycles. The highest BCUT2D eigenvalue weighted by molar-refractivity contribution is 6.42. The molecular formula is C12H17Cl2N.